The maximum absolute atomic E-state index is 12.7. The summed E-state index contributed by atoms with van der Waals surface area (Å²) in [6.07, 6.45) is -4.75. The van der Waals surface area contributed by atoms with E-state index >= 15 is 0 Å². The Labute approximate surface area is 178 Å². The number of carbonyl (C=O) groups is 3. The van der Waals surface area contributed by atoms with Crippen molar-refractivity contribution in [2.75, 3.05) is 23.4 Å². The van der Waals surface area contributed by atoms with E-state index in [1.54, 1.807) is 0 Å². The van der Waals surface area contributed by atoms with Gasteiger partial charge in [-0.3, -0.25) is 24.5 Å². The fourth-order valence-corrected chi connectivity index (χ4v) is 3.09. The second kappa shape index (κ2) is 9.04. The second-order valence-corrected chi connectivity index (χ2v) is 6.91. The van der Waals surface area contributed by atoms with E-state index in [0.717, 1.165) is 18.2 Å². The van der Waals surface area contributed by atoms with Crippen LogP contribution in [0.3, 0.4) is 0 Å². The van der Waals surface area contributed by atoms with Gasteiger partial charge in [0, 0.05) is 36.5 Å². The van der Waals surface area contributed by atoms with Crippen LogP contribution in [0.4, 0.5) is 30.2 Å². The number of carbonyl (C=O) groups excluding carboxylic acids is 3. The molecule has 2 amide bonds. The lowest BCUT2D eigenvalue weighted by molar-refractivity contribution is -0.384. The van der Waals surface area contributed by atoms with Crippen molar-refractivity contribution in [1.29, 1.82) is 0 Å². The summed E-state index contributed by atoms with van der Waals surface area (Å²) in [6.45, 7) is -0.776. The van der Waals surface area contributed by atoms with E-state index in [1.807, 2.05) is 0 Å². The topological polar surface area (TPSA) is 119 Å². The molecule has 2 aromatic rings. The molecule has 1 aliphatic heterocycles. The van der Waals surface area contributed by atoms with Gasteiger partial charge in [-0.2, -0.15) is 13.2 Å². The normalized spacial score (nSPS) is 16.0. The first kappa shape index (κ1) is 22.7. The lowest BCUT2D eigenvalue weighted by Crippen LogP contribution is -2.28. The molecule has 0 aliphatic carbocycles. The summed E-state index contributed by atoms with van der Waals surface area (Å²) < 4.78 is 43.1. The molecule has 1 saturated heterocycles. The second-order valence-electron chi connectivity index (χ2n) is 6.91. The number of rotatable bonds is 6. The van der Waals surface area contributed by atoms with Crippen LogP contribution in [0, 0.1) is 16.0 Å². The fourth-order valence-electron chi connectivity index (χ4n) is 3.09. The van der Waals surface area contributed by atoms with E-state index in [-0.39, 0.29) is 24.3 Å². The molecule has 12 heteroatoms. The molecule has 0 spiro atoms. The largest absolute Gasteiger partial charge is 0.455 e. The number of alkyl halides is 3. The van der Waals surface area contributed by atoms with Crippen LogP contribution in [0.25, 0.3) is 0 Å². The van der Waals surface area contributed by atoms with E-state index in [2.05, 4.69) is 5.32 Å². The number of hydrogen-bond donors (Lipinski definition) is 1. The number of benzene rings is 2. The summed E-state index contributed by atoms with van der Waals surface area (Å²) in [4.78, 5) is 47.8. The Bertz CT molecular complexity index is 1060. The van der Waals surface area contributed by atoms with Crippen molar-refractivity contribution < 1.29 is 37.2 Å². The summed E-state index contributed by atoms with van der Waals surface area (Å²) in [5.74, 6) is -2.91. The third kappa shape index (κ3) is 5.39. The Morgan fingerprint density at radius 1 is 1.19 bits per heavy atom. The first-order valence-electron chi connectivity index (χ1n) is 9.23. The zero-order valence-corrected chi connectivity index (χ0v) is 16.3. The van der Waals surface area contributed by atoms with Crippen LogP contribution in [-0.4, -0.2) is 35.9 Å². The van der Waals surface area contributed by atoms with Crippen LogP contribution in [0.15, 0.2) is 48.5 Å². The van der Waals surface area contributed by atoms with Gasteiger partial charge in [-0.05, 0) is 30.3 Å². The third-order valence-electron chi connectivity index (χ3n) is 4.65. The minimum absolute atomic E-state index is 0.0370. The van der Waals surface area contributed by atoms with Crippen molar-refractivity contribution >= 4 is 34.8 Å². The number of amides is 2. The van der Waals surface area contributed by atoms with E-state index in [0.29, 0.717) is 5.69 Å². The van der Waals surface area contributed by atoms with E-state index < -0.39 is 47.0 Å². The predicted molar refractivity (Wildman–Crippen MR) is 105 cm³/mol. The molecular weight excluding hydrogens is 435 g/mol. The van der Waals surface area contributed by atoms with Crippen molar-refractivity contribution in [1.82, 2.24) is 0 Å². The lowest BCUT2D eigenvalue weighted by atomic mass is 10.1. The highest BCUT2D eigenvalue weighted by molar-refractivity contribution is 6.00. The van der Waals surface area contributed by atoms with Crippen LogP contribution < -0.4 is 10.2 Å². The molecule has 0 radical (unpaired) electrons. The molecule has 0 saturated carbocycles. The molecule has 0 bridgehead atoms. The van der Waals surface area contributed by atoms with Crippen molar-refractivity contribution in [2.24, 2.45) is 5.92 Å². The number of esters is 1. The highest BCUT2D eigenvalue weighted by Gasteiger charge is 2.36. The SMILES string of the molecule is O=C(COC(=O)[C@H]1CC(=O)N(c2ccc([N+](=O)[O-])cc2)C1)Nc1cccc(C(F)(F)F)c1. The van der Waals surface area contributed by atoms with Crippen LogP contribution >= 0.6 is 0 Å². The maximum atomic E-state index is 12.7. The Balaban J connectivity index is 1.53. The zero-order valence-electron chi connectivity index (χ0n) is 16.3. The molecule has 1 heterocycles. The Kier molecular flexibility index (Phi) is 6.42. The number of non-ortho nitro benzene ring substituents is 1. The van der Waals surface area contributed by atoms with Crippen LogP contribution in [-0.2, 0) is 25.3 Å². The summed E-state index contributed by atoms with van der Waals surface area (Å²) in [5.41, 5.74) is -0.828. The Morgan fingerprint density at radius 2 is 1.88 bits per heavy atom. The molecular formula is C20H16F3N3O6. The monoisotopic (exact) mass is 451 g/mol. The van der Waals surface area contributed by atoms with Gasteiger partial charge >= 0.3 is 12.1 Å². The molecule has 1 fully saturated rings. The van der Waals surface area contributed by atoms with Crippen molar-refractivity contribution in [2.45, 2.75) is 12.6 Å². The molecule has 0 unspecified atom stereocenters. The minimum Gasteiger partial charge on any atom is -0.455 e. The van der Waals surface area contributed by atoms with Gasteiger partial charge in [0.25, 0.3) is 11.6 Å². The summed E-state index contributed by atoms with van der Waals surface area (Å²) in [6, 6.07) is 9.20. The number of ether oxygens (including phenoxy) is 1. The number of nitro benzene ring substituents is 1. The van der Waals surface area contributed by atoms with Gasteiger partial charge in [-0.25, -0.2) is 0 Å². The molecule has 168 valence electrons. The van der Waals surface area contributed by atoms with Crippen molar-refractivity contribution in [3.63, 3.8) is 0 Å². The van der Waals surface area contributed by atoms with Crippen LogP contribution in [0.5, 0.6) is 0 Å². The van der Waals surface area contributed by atoms with Gasteiger partial charge in [-0.15, -0.1) is 0 Å². The van der Waals surface area contributed by atoms with Gasteiger partial charge < -0.3 is 15.0 Å². The highest BCUT2D eigenvalue weighted by Crippen LogP contribution is 2.31. The minimum atomic E-state index is -4.57. The summed E-state index contributed by atoms with van der Waals surface area (Å²) >= 11 is 0. The molecule has 1 aliphatic rings. The van der Waals surface area contributed by atoms with Crippen molar-refractivity contribution in [3.05, 3.63) is 64.2 Å². The number of anilines is 2. The predicted octanol–water partition coefficient (Wildman–Crippen LogP) is 3.15. The third-order valence-corrected chi connectivity index (χ3v) is 4.65. The van der Waals surface area contributed by atoms with Crippen LogP contribution in [0.1, 0.15) is 12.0 Å². The molecule has 32 heavy (non-hydrogen) atoms. The molecule has 1 N–H and O–H groups in total. The number of hydrogen-bond acceptors (Lipinski definition) is 6. The Morgan fingerprint density at radius 3 is 2.50 bits per heavy atom. The molecule has 0 aromatic heterocycles. The van der Waals surface area contributed by atoms with E-state index in [4.69, 9.17) is 4.74 Å². The number of nitrogens with one attached hydrogen (secondary N) is 1. The van der Waals surface area contributed by atoms with Crippen molar-refractivity contribution in [3.8, 4) is 0 Å². The van der Waals surface area contributed by atoms with E-state index in [9.17, 15) is 37.7 Å². The number of nitro groups is 1. The van der Waals surface area contributed by atoms with Crippen LogP contribution in [0.2, 0.25) is 0 Å². The van der Waals surface area contributed by atoms with Gasteiger partial charge in [0.15, 0.2) is 6.61 Å². The molecule has 2 aromatic carbocycles. The first-order valence-corrected chi connectivity index (χ1v) is 9.23. The quantitative estimate of drug-likeness (QED) is 0.410. The number of halogens is 3. The molecule has 3 rings (SSSR count). The average Bonchev–Trinajstić information content (AvgIpc) is 3.13. The molecule has 1 atom stereocenters. The zero-order chi connectivity index (χ0) is 23.5. The average molecular weight is 451 g/mol. The smallest absolute Gasteiger partial charge is 0.416 e. The van der Waals surface area contributed by atoms with Gasteiger partial charge in [-0.1, -0.05) is 6.07 Å². The van der Waals surface area contributed by atoms with E-state index in [1.165, 1.54) is 35.2 Å². The first-order chi connectivity index (χ1) is 15.0. The van der Waals surface area contributed by atoms with Gasteiger partial charge in [0.2, 0.25) is 5.91 Å². The summed E-state index contributed by atoms with van der Waals surface area (Å²) in [5, 5.41) is 12.9. The fraction of sp³-hybridized carbons (Fsp3) is 0.250. The molecule has 9 nitrogen and oxygen atoms in total. The lowest BCUT2D eigenvalue weighted by Gasteiger charge is -2.16. The standard InChI is InChI=1S/C20H16F3N3O6/c21-20(22,23)13-2-1-3-14(9-13)24-17(27)11-32-19(29)12-8-18(28)25(10-12)15-4-6-16(7-5-15)26(30)31/h1-7,9,12H,8,10-11H2,(H,24,27)/t12-/m0/s1. The van der Waals surface area contributed by atoms with Gasteiger partial charge in [0.1, 0.15) is 0 Å². The van der Waals surface area contributed by atoms with Gasteiger partial charge in [0.05, 0.1) is 16.4 Å². The maximum Gasteiger partial charge on any atom is 0.416 e. The Hall–Kier alpha value is -3.96. The number of nitrogens with zero attached hydrogens (tertiary/aromatic N) is 2. The highest BCUT2D eigenvalue weighted by atomic mass is 19.4. The summed E-state index contributed by atoms with van der Waals surface area (Å²) in [7, 11) is 0.